The van der Waals surface area contributed by atoms with Crippen molar-refractivity contribution in [2.45, 2.75) is 32.9 Å². The van der Waals surface area contributed by atoms with E-state index in [4.69, 9.17) is 0 Å². The molecular weight excluding hydrogens is 364 g/mol. The van der Waals surface area contributed by atoms with Crippen molar-refractivity contribution >= 4 is 11.8 Å². The lowest BCUT2D eigenvalue weighted by molar-refractivity contribution is -0.134. The highest BCUT2D eigenvalue weighted by Gasteiger charge is 2.34. The number of hydrogen-bond acceptors (Lipinski definition) is 3. The third-order valence-corrected chi connectivity index (χ3v) is 4.99. The van der Waals surface area contributed by atoms with Crippen molar-refractivity contribution in [2.75, 3.05) is 13.1 Å². The van der Waals surface area contributed by atoms with Crippen LogP contribution in [0.15, 0.2) is 42.6 Å². The summed E-state index contributed by atoms with van der Waals surface area (Å²) in [6.45, 7) is 5.00. The Morgan fingerprint density at radius 3 is 2.43 bits per heavy atom. The number of nitrogens with zero attached hydrogens (tertiary/aromatic N) is 3. The van der Waals surface area contributed by atoms with Crippen LogP contribution in [-0.2, 0) is 11.3 Å². The molecule has 1 aromatic carbocycles. The molecule has 2 amide bonds. The molecule has 0 unspecified atom stereocenters. The quantitative estimate of drug-likeness (QED) is 0.809. The van der Waals surface area contributed by atoms with Gasteiger partial charge in [0.25, 0.3) is 5.91 Å². The average Bonchev–Trinajstić information content (AvgIpc) is 2.83. The van der Waals surface area contributed by atoms with Crippen LogP contribution in [0.5, 0.6) is 0 Å². The normalized spacial score (nSPS) is 17.8. The van der Waals surface area contributed by atoms with Gasteiger partial charge in [-0.1, -0.05) is 26.0 Å². The second-order valence-electron chi connectivity index (χ2n) is 7.32. The molecule has 1 atom stereocenters. The second kappa shape index (κ2) is 8.46. The maximum Gasteiger partial charge on any atom is 0.272 e. The molecule has 0 spiro atoms. The number of amides is 2. The molecule has 1 aliphatic rings. The molecule has 1 saturated heterocycles. The van der Waals surface area contributed by atoms with E-state index >= 15 is 0 Å². The molecule has 1 aromatic heterocycles. The Hall–Kier alpha value is -2.83. The summed E-state index contributed by atoms with van der Waals surface area (Å²) in [5, 5.41) is 0. The van der Waals surface area contributed by atoms with E-state index in [2.05, 4.69) is 4.98 Å². The van der Waals surface area contributed by atoms with Crippen LogP contribution < -0.4 is 0 Å². The third kappa shape index (κ3) is 4.52. The first kappa shape index (κ1) is 19.9. The number of carbonyl (C=O) groups excluding carboxylic acids is 2. The summed E-state index contributed by atoms with van der Waals surface area (Å²) in [4.78, 5) is 32.8. The summed E-state index contributed by atoms with van der Waals surface area (Å²) in [5.74, 6) is -1.09. The number of aromatic nitrogens is 1. The van der Waals surface area contributed by atoms with Crippen molar-refractivity contribution in [3.05, 3.63) is 65.5 Å². The highest BCUT2D eigenvalue weighted by molar-refractivity contribution is 5.93. The highest BCUT2D eigenvalue weighted by atomic mass is 19.1. The van der Waals surface area contributed by atoms with E-state index < -0.39 is 5.82 Å². The predicted octanol–water partition coefficient (Wildman–Crippen LogP) is 3.26. The molecule has 2 heterocycles. The van der Waals surface area contributed by atoms with E-state index in [-0.39, 0.29) is 48.3 Å². The van der Waals surface area contributed by atoms with Crippen LogP contribution in [0.3, 0.4) is 0 Å². The van der Waals surface area contributed by atoms with Gasteiger partial charge >= 0.3 is 0 Å². The van der Waals surface area contributed by atoms with Gasteiger partial charge in [0, 0.05) is 26.1 Å². The van der Waals surface area contributed by atoms with E-state index in [9.17, 15) is 18.4 Å². The molecule has 0 aliphatic carbocycles. The van der Waals surface area contributed by atoms with Crippen LogP contribution in [0.25, 0.3) is 0 Å². The molecule has 148 valence electrons. The summed E-state index contributed by atoms with van der Waals surface area (Å²) in [7, 11) is 0. The minimum atomic E-state index is -0.506. The second-order valence-corrected chi connectivity index (χ2v) is 7.32. The lowest BCUT2D eigenvalue weighted by atomic mass is 10.0. The molecule has 0 radical (unpaired) electrons. The van der Waals surface area contributed by atoms with Gasteiger partial charge in [-0.3, -0.25) is 9.59 Å². The van der Waals surface area contributed by atoms with Crippen LogP contribution in [0.4, 0.5) is 8.78 Å². The Balaban J connectivity index is 1.82. The Morgan fingerprint density at radius 1 is 1.14 bits per heavy atom. The summed E-state index contributed by atoms with van der Waals surface area (Å²) in [6.07, 6.45) is 1.20. The minimum absolute atomic E-state index is 0.0506. The summed E-state index contributed by atoms with van der Waals surface area (Å²) < 4.78 is 26.3. The lowest BCUT2D eigenvalue weighted by Gasteiger charge is -2.34. The van der Waals surface area contributed by atoms with Gasteiger partial charge in [-0.15, -0.1) is 0 Å². The number of rotatable bonds is 4. The van der Waals surface area contributed by atoms with Crippen molar-refractivity contribution in [3.8, 4) is 0 Å². The topological polar surface area (TPSA) is 53.5 Å². The van der Waals surface area contributed by atoms with Gasteiger partial charge in [-0.2, -0.15) is 0 Å². The Kier molecular flexibility index (Phi) is 6.02. The fourth-order valence-electron chi connectivity index (χ4n) is 3.39. The zero-order valence-electron chi connectivity index (χ0n) is 15.9. The molecule has 2 aromatic rings. The maximum absolute atomic E-state index is 13.2. The van der Waals surface area contributed by atoms with Crippen LogP contribution in [0.1, 0.15) is 36.3 Å². The predicted molar refractivity (Wildman–Crippen MR) is 100 cm³/mol. The van der Waals surface area contributed by atoms with E-state index in [1.165, 1.54) is 24.3 Å². The zero-order chi connectivity index (χ0) is 20.3. The molecule has 0 N–H and O–H groups in total. The SMILES string of the molecule is CC(C)[C@H]1CN(C(=O)c2ccc(F)cn2)CCC(=O)N1Cc1ccc(F)cc1. The molecule has 3 rings (SSSR count). The number of carbonyl (C=O) groups is 2. The molecule has 7 heteroatoms. The number of benzene rings is 1. The van der Waals surface area contributed by atoms with Crippen LogP contribution >= 0.6 is 0 Å². The fraction of sp³-hybridized carbons (Fsp3) is 0.381. The lowest BCUT2D eigenvalue weighted by Crippen LogP contribution is -2.47. The fourth-order valence-corrected chi connectivity index (χ4v) is 3.39. The molecular formula is C21H23F2N3O2. The van der Waals surface area contributed by atoms with Gasteiger partial charge in [0.2, 0.25) is 5.91 Å². The third-order valence-electron chi connectivity index (χ3n) is 4.99. The number of hydrogen-bond donors (Lipinski definition) is 0. The van der Waals surface area contributed by atoms with Gasteiger partial charge < -0.3 is 9.80 Å². The standard InChI is InChI=1S/C21H23F2N3O2/c1-14(2)19-13-25(21(28)18-8-7-17(23)11-24-18)10-9-20(27)26(19)12-15-3-5-16(22)6-4-15/h3-8,11,14,19H,9-10,12-13H2,1-2H3/t19-/m1/s1. The Morgan fingerprint density at radius 2 is 1.82 bits per heavy atom. The van der Waals surface area contributed by atoms with Crippen LogP contribution in [0, 0.1) is 17.6 Å². The molecule has 0 saturated carbocycles. The van der Waals surface area contributed by atoms with Crippen LogP contribution in [-0.4, -0.2) is 45.7 Å². The van der Waals surface area contributed by atoms with Gasteiger partial charge in [0.05, 0.1) is 12.2 Å². The van der Waals surface area contributed by atoms with Crippen molar-refractivity contribution in [1.82, 2.24) is 14.8 Å². The van der Waals surface area contributed by atoms with Crippen molar-refractivity contribution in [1.29, 1.82) is 0 Å². The first-order chi connectivity index (χ1) is 13.3. The van der Waals surface area contributed by atoms with E-state index in [0.717, 1.165) is 11.8 Å². The smallest absolute Gasteiger partial charge is 0.272 e. The van der Waals surface area contributed by atoms with Gasteiger partial charge in [-0.05, 0) is 35.7 Å². The molecule has 28 heavy (non-hydrogen) atoms. The largest absolute Gasteiger partial charge is 0.335 e. The monoisotopic (exact) mass is 387 g/mol. The van der Waals surface area contributed by atoms with E-state index in [1.807, 2.05) is 13.8 Å². The molecule has 1 fully saturated rings. The molecule has 5 nitrogen and oxygen atoms in total. The average molecular weight is 387 g/mol. The van der Waals surface area contributed by atoms with Crippen molar-refractivity contribution in [3.63, 3.8) is 0 Å². The first-order valence-corrected chi connectivity index (χ1v) is 9.30. The molecule has 1 aliphatic heterocycles. The first-order valence-electron chi connectivity index (χ1n) is 9.30. The number of pyridine rings is 1. The molecule has 0 bridgehead atoms. The highest BCUT2D eigenvalue weighted by Crippen LogP contribution is 2.22. The Bertz CT molecular complexity index is 838. The van der Waals surface area contributed by atoms with Gasteiger partial charge in [0.15, 0.2) is 0 Å². The van der Waals surface area contributed by atoms with Crippen molar-refractivity contribution in [2.24, 2.45) is 5.92 Å². The van der Waals surface area contributed by atoms with Crippen LogP contribution in [0.2, 0.25) is 0 Å². The summed E-state index contributed by atoms with van der Waals surface area (Å²) in [6, 6.07) is 8.43. The maximum atomic E-state index is 13.2. The van der Waals surface area contributed by atoms with E-state index in [0.29, 0.717) is 13.1 Å². The summed E-state index contributed by atoms with van der Waals surface area (Å²) in [5.41, 5.74) is 0.990. The van der Waals surface area contributed by atoms with Gasteiger partial charge in [0.1, 0.15) is 17.3 Å². The summed E-state index contributed by atoms with van der Waals surface area (Å²) >= 11 is 0. The van der Waals surface area contributed by atoms with E-state index in [1.54, 1.807) is 21.9 Å². The number of halogens is 2. The van der Waals surface area contributed by atoms with Crippen molar-refractivity contribution < 1.29 is 18.4 Å². The minimum Gasteiger partial charge on any atom is -0.335 e. The van der Waals surface area contributed by atoms with Gasteiger partial charge in [-0.25, -0.2) is 13.8 Å². The Labute approximate surface area is 163 Å². The zero-order valence-corrected chi connectivity index (χ0v) is 15.9.